The monoisotopic (exact) mass is 280 g/mol. The van der Waals surface area contributed by atoms with Crippen molar-refractivity contribution in [3.05, 3.63) is 0 Å². The average molecular weight is 280 g/mol. The third-order valence-electron chi connectivity index (χ3n) is 4.28. The summed E-state index contributed by atoms with van der Waals surface area (Å²) < 4.78 is 5.47. The van der Waals surface area contributed by atoms with Crippen LogP contribution in [0.2, 0.25) is 0 Å². The molecule has 2 heterocycles. The minimum Gasteiger partial charge on any atom is -0.444 e. The number of piperidine rings is 1. The van der Waals surface area contributed by atoms with E-state index in [1.807, 2.05) is 30.6 Å². The molecule has 20 heavy (non-hydrogen) atoms. The summed E-state index contributed by atoms with van der Waals surface area (Å²) >= 11 is 0. The molecule has 0 aromatic rings. The Bertz CT molecular complexity index is 425. The molecule has 1 saturated carbocycles. The maximum Gasteiger partial charge on any atom is 0.410 e. The Balaban J connectivity index is 1.63. The van der Waals surface area contributed by atoms with Crippen molar-refractivity contribution in [1.29, 1.82) is 0 Å². The minimum absolute atomic E-state index is 0.145. The second-order valence-electron chi connectivity index (χ2n) is 7.41. The Labute approximate surface area is 120 Å². The first kappa shape index (κ1) is 13.7. The summed E-state index contributed by atoms with van der Waals surface area (Å²) in [6.07, 6.45) is 2.86. The molecule has 0 spiro atoms. The summed E-state index contributed by atoms with van der Waals surface area (Å²) in [7, 11) is 0. The number of ether oxygens (including phenoxy) is 1. The Morgan fingerprint density at radius 1 is 1.10 bits per heavy atom. The predicted octanol–water partition coefficient (Wildman–Crippen LogP) is 1.86. The molecular weight excluding hydrogens is 256 g/mol. The van der Waals surface area contributed by atoms with Crippen LogP contribution >= 0.6 is 0 Å². The van der Waals surface area contributed by atoms with Crippen LogP contribution in [0.4, 0.5) is 4.79 Å². The predicted molar refractivity (Wildman–Crippen MR) is 74.1 cm³/mol. The number of nitrogens with zero attached hydrogens (tertiary/aromatic N) is 2. The van der Waals surface area contributed by atoms with Crippen LogP contribution in [0.15, 0.2) is 0 Å². The van der Waals surface area contributed by atoms with Gasteiger partial charge in [0.25, 0.3) is 0 Å². The lowest BCUT2D eigenvalue weighted by atomic mass is 9.99. The standard InChI is InChI=1S/C15H24N2O3/c1-15(2,3)20-14(19)17-8-10-6-12(17)9-16(7-10)13(18)11-4-5-11/h10-12H,4-9H2,1-3H3/t10-,12+/m0/s1. The number of carbonyl (C=O) groups excluding carboxylic acids is 2. The second-order valence-corrected chi connectivity index (χ2v) is 7.41. The minimum atomic E-state index is -0.461. The van der Waals surface area contributed by atoms with E-state index in [9.17, 15) is 9.59 Å². The number of rotatable bonds is 1. The van der Waals surface area contributed by atoms with Gasteiger partial charge >= 0.3 is 6.09 Å². The fourth-order valence-electron chi connectivity index (χ4n) is 3.27. The van der Waals surface area contributed by atoms with Gasteiger partial charge in [0.05, 0.1) is 6.04 Å². The molecule has 2 atom stereocenters. The Morgan fingerprint density at radius 2 is 1.80 bits per heavy atom. The zero-order valence-corrected chi connectivity index (χ0v) is 12.6. The summed E-state index contributed by atoms with van der Waals surface area (Å²) in [4.78, 5) is 28.2. The molecule has 2 bridgehead atoms. The molecule has 0 aromatic heterocycles. The van der Waals surface area contributed by atoms with Crippen LogP contribution in [0.25, 0.3) is 0 Å². The van der Waals surface area contributed by atoms with Gasteiger partial charge in [-0.15, -0.1) is 0 Å². The van der Waals surface area contributed by atoms with Crippen molar-refractivity contribution in [2.75, 3.05) is 19.6 Å². The van der Waals surface area contributed by atoms with Crippen LogP contribution in [0.3, 0.4) is 0 Å². The molecule has 5 nitrogen and oxygen atoms in total. The van der Waals surface area contributed by atoms with Gasteiger partial charge in [0, 0.05) is 25.6 Å². The molecule has 0 aromatic carbocycles. The number of likely N-dealkylation sites (tertiary alicyclic amines) is 2. The molecule has 3 fully saturated rings. The normalized spacial score (nSPS) is 29.6. The van der Waals surface area contributed by atoms with Crippen molar-refractivity contribution >= 4 is 12.0 Å². The van der Waals surface area contributed by atoms with Gasteiger partial charge in [0.15, 0.2) is 0 Å². The van der Waals surface area contributed by atoms with Gasteiger partial charge in [-0.05, 0) is 46.0 Å². The number of hydrogen-bond acceptors (Lipinski definition) is 3. The first-order valence-corrected chi connectivity index (χ1v) is 7.62. The van der Waals surface area contributed by atoms with Crippen LogP contribution < -0.4 is 0 Å². The fraction of sp³-hybridized carbons (Fsp3) is 0.867. The van der Waals surface area contributed by atoms with E-state index in [2.05, 4.69) is 0 Å². The van der Waals surface area contributed by atoms with E-state index >= 15 is 0 Å². The zero-order chi connectivity index (χ0) is 14.5. The van der Waals surface area contributed by atoms with Crippen LogP contribution in [0, 0.1) is 11.8 Å². The zero-order valence-electron chi connectivity index (χ0n) is 12.6. The van der Waals surface area contributed by atoms with Gasteiger partial charge in [-0.25, -0.2) is 4.79 Å². The molecule has 2 saturated heterocycles. The van der Waals surface area contributed by atoms with Gasteiger partial charge in [0.1, 0.15) is 5.60 Å². The third-order valence-corrected chi connectivity index (χ3v) is 4.28. The van der Waals surface area contributed by atoms with Crippen LogP contribution in [-0.4, -0.2) is 53.1 Å². The SMILES string of the molecule is CC(C)(C)OC(=O)N1C[C@H]2C[C@@H]1CN(C(=O)C1CC1)C2. The number of hydrogen-bond donors (Lipinski definition) is 0. The lowest BCUT2D eigenvalue weighted by Gasteiger charge is -2.33. The molecule has 2 aliphatic heterocycles. The number of amides is 2. The van der Waals surface area contributed by atoms with Gasteiger partial charge in [-0.2, -0.15) is 0 Å². The summed E-state index contributed by atoms with van der Waals surface area (Å²) in [5.41, 5.74) is -0.461. The van der Waals surface area contributed by atoms with Crippen LogP contribution in [0.5, 0.6) is 0 Å². The lowest BCUT2D eigenvalue weighted by Crippen LogP contribution is -2.47. The van der Waals surface area contributed by atoms with Crippen molar-refractivity contribution in [2.45, 2.75) is 51.7 Å². The van der Waals surface area contributed by atoms with E-state index < -0.39 is 5.60 Å². The van der Waals surface area contributed by atoms with Crippen molar-refractivity contribution in [3.63, 3.8) is 0 Å². The van der Waals surface area contributed by atoms with Crippen LogP contribution in [0.1, 0.15) is 40.0 Å². The number of carbonyl (C=O) groups is 2. The largest absolute Gasteiger partial charge is 0.444 e. The maximum atomic E-state index is 12.2. The summed E-state index contributed by atoms with van der Waals surface area (Å²) in [5, 5.41) is 0. The van der Waals surface area contributed by atoms with E-state index in [0.717, 1.165) is 32.4 Å². The lowest BCUT2D eigenvalue weighted by molar-refractivity contribution is -0.134. The highest BCUT2D eigenvalue weighted by molar-refractivity contribution is 5.81. The van der Waals surface area contributed by atoms with Crippen molar-refractivity contribution in [2.24, 2.45) is 11.8 Å². The smallest absolute Gasteiger partial charge is 0.410 e. The molecular formula is C15H24N2O3. The molecule has 5 heteroatoms. The third kappa shape index (κ3) is 2.76. The molecule has 0 unspecified atom stereocenters. The van der Waals surface area contributed by atoms with Gasteiger partial charge in [-0.3, -0.25) is 4.79 Å². The van der Waals surface area contributed by atoms with E-state index in [1.54, 1.807) is 0 Å². The van der Waals surface area contributed by atoms with Crippen molar-refractivity contribution < 1.29 is 14.3 Å². The van der Waals surface area contributed by atoms with E-state index in [0.29, 0.717) is 18.4 Å². The fourth-order valence-corrected chi connectivity index (χ4v) is 3.27. The summed E-state index contributed by atoms with van der Waals surface area (Å²) in [5.74, 6) is 0.984. The molecule has 0 radical (unpaired) electrons. The molecule has 3 aliphatic rings. The Kier molecular flexibility index (Phi) is 3.18. The highest BCUT2D eigenvalue weighted by atomic mass is 16.6. The number of fused-ring (bicyclic) bond motifs is 2. The van der Waals surface area contributed by atoms with Crippen molar-refractivity contribution in [3.8, 4) is 0 Å². The highest BCUT2D eigenvalue weighted by Crippen LogP contribution is 2.36. The molecule has 112 valence electrons. The molecule has 1 aliphatic carbocycles. The first-order chi connectivity index (χ1) is 9.33. The average Bonchev–Trinajstić information content (AvgIpc) is 3.12. The van der Waals surface area contributed by atoms with E-state index in [4.69, 9.17) is 4.74 Å². The Hall–Kier alpha value is -1.26. The highest BCUT2D eigenvalue weighted by Gasteiger charge is 2.45. The topological polar surface area (TPSA) is 49.9 Å². The first-order valence-electron chi connectivity index (χ1n) is 7.62. The van der Waals surface area contributed by atoms with Crippen molar-refractivity contribution in [1.82, 2.24) is 9.80 Å². The Morgan fingerprint density at radius 3 is 2.40 bits per heavy atom. The maximum absolute atomic E-state index is 12.2. The van der Waals surface area contributed by atoms with Crippen LogP contribution in [-0.2, 0) is 9.53 Å². The van der Waals surface area contributed by atoms with E-state index in [-0.39, 0.29) is 18.1 Å². The van der Waals surface area contributed by atoms with Gasteiger partial charge in [0.2, 0.25) is 5.91 Å². The molecule has 2 amide bonds. The van der Waals surface area contributed by atoms with Gasteiger partial charge < -0.3 is 14.5 Å². The van der Waals surface area contributed by atoms with Gasteiger partial charge in [-0.1, -0.05) is 0 Å². The van der Waals surface area contributed by atoms with E-state index in [1.165, 1.54) is 0 Å². The molecule has 0 N–H and O–H groups in total. The summed E-state index contributed by atoms with van der Waals surface area (Å²) in [6, 6.07) is 0.145. The molecule has 3 rings (SSSR count). The summed E-state index contributed by atoms with van der Waals surface area (Å²) in [6.45, 7) is 7.88. The quantitative estimate of drug-likeness (QED) is 0.736. The second kappa shape index (κ2) is 4.64.